The molecule has 6 nitrogen and oxygen atoms in total. The topological polar surface area (TPSA) is 91.5 Å². The first kappa shape index (κ1) is 12.4. The number of hydrazine groups is 1. The highest BCUT2D eigenvalue weighted by Gasteiger charge is 2.13. The quantitative estimate of drug-likeness (QED) is 0.487. The first-order valence-corrected chi connectivity index (χ1v) is 4.90. The summed E-state index contributed by atoms with van der Waals surface area (Å²) in [4.78, 5) is 17.2. The summed E-state index contributed by atoms with van der Waals surface area (Å²) in [6.07, 6.45) is 0.891. The van der Waals surface area contributed by atoms with Gasteiger partial charge in [0.15, 0.2) is 0 Å². The maximum atomic E-state index is 11.8. The minimum absolute atomic E-state index is 0.183. The second-order valence-electron chi connectivity index (χ2n) is 3.61. The molecule has 1 unspecified atom stereocenters. The summed E-state index contributed by atoms with van der Waals surface area (Å²) >= 11 is 0. The molecule has 4 N–H and O–H groups in total. The molecule has 1 heterocycles. The third kappa shape index (κ3) is 3.18. The van der Waals surface area contributed by atoms with Crippen molar-refractivity contribution >= 4 is 11.7 Å². The summed E-state index contributed by atoms with van der Waals surface area (Å²) in [6, 6.07) is 3.24. The Labute approximate surface area is 94.1 Å². The van der Waals surface area contributed by atoms with Crippen LogP contribution in [-0.4, -0.2) is 40.6 Å². The number of anilines is 1. The molecule has 0 radical (unpaired) electrons. The molecule has 88 valence electrons. The summed E-state index contributed by atoms with van der Waals surface area (Å²) in [7, 11) is 1.63. The molecule has 1 rings (SSSR count). The molecule has 1 aromatic rings. The lowest BCUT2D eigenvalue weighted by molar-refractivity contribution is 0.0703. The van der Waals surface area contributed by atoms with Gasteiger partial charge in [-0.25, -0.2) is 10.8 Å². The van der Waals surface area contributed by atoms with Gasteiger partial charge in [-0.2, -0.15) is 0 Å². The van der Waals surface area contributed by atoms with E-state index in [2.05, 4.69) is 10.4 Å². The Kier molecular flexibility index (Phi) is 4.21. The van der Waals surface area contributed by atoms with E-state index >= 15 is 0 Å². The summed E-state index contributed by atoms with van der Waals surface area (Å²) < 4.78 is 0. The minimum Gasteiger partial charge on any atom is -0.392 e. The van der Waals surface area contributed by atoms with Crippen LogP contribution in [0.4, 0.5) is 5.82 Å². The number of likely N-dealkylation sites (N-methyl/N-ethyl adjacent to an activating group) is 1. The molecule has 1 amide bonds. The number of aliphatic hydroxyl groups excluding tert-OH is 1. The van der Waals surface area contributed by atoms with Gasteiger partial charge in [0.05, 0.1) is 11.7 Å². The van der Waals surface area contributed by atoms with E-state index in [4.69, 9.17) is 10.9 Å². The Bertz CT molecular complexity index is 350. The molecule has 0 fully saturated rings. The van der Waals surface area contributed by atoms with Crippen molar-refractivity contribution in [1.29, 1.82) is 0 Å². The van der Waals surface area contributed by atoms with Gasteiger partial charge in [0, 0.05) is 19.8 Å². The number of carbonyl (C=O) groups is 1. The van der Waals surface area contributed by atoms with Gasteiger partial charge in [0.1, 0.15) is 5.82 Å². The second kappa shape index (κ2) is 5.43. The van der Waals surface area contributed by atoms with E-state index in [1.54, 1.807) is 26.1 Å². The van der Waals surface area contributed by atoms with Crippen molar-refractivity contribution in [3.05, 3.63) is 23.9 Å². The number of aliphatic hydroxyl groups is 1. The fourth-order valence-electron chi connectivity index (χ4n) is 1.31. The number of aromatic nitrogens is 1. The van der Waals surface area contributed by atoms with Crippen LogP contribution in [0.3, 0.4) is 0 Å². The fourth-order valence-corrected chi connectivity index (χ4v) is 1.31. The Morgan fingerprint density at radius 2 is 2.38 bits per heavy atom. The van der Waals surface area contributed by atoms with Gasteiger partial charge in [0.2, 0.25) is 0 Å². The lowest BCUT2D eigenvalue weighted by atomic mass is 10.2. The Balaban J connectivity index is 2.72. The highest BCUT2D eigenvalue weighted by atomic mass is 16.3. The molecule has 0 aromatic carbocycles. The van der Waals surface area contributed by atoms with Crippen LogP contribution in [0.15, 0.2) is 18.3 Å². The molecular formula is C10H16N4O2. The number of nitrogens with zero attached hydrogens (tertiary/aromatic N) is 2. The van der Waals surface area contributed by atoms with Gasteiger partial charge in [-0.3, -0.25) is 4.79 Å². The van der Waals surface area contributed by atoms with E-state index in [0.29, 0.717) is 11.4 Å². The number of carbonyl (C=O) groups excluding carboxylic acids is 1. The summed E-state index contributed by atoms with van der Waals surface area (Å²) in [5.74, 6) is 5.47. The molecule has 0 bridgehead atoms. The predicted octanol–water partition coefficient (Wildman–Crippen LogP) is -0.180. The van der Waals surface area contributed by atoms with Gasteiger partial charge in [0.25, 0.3) is 5.91 Å². The first-order chi connectivity index (χ1) is 7.54. The Morgan fingerprint density at radius 3 is 2.81 bits per heavy atom. The third-order valence-electron chi connectivity index (χ3n) is 2.04. The minimum atomic E-state index is -0.549. The van der Waals surface area contributed by atoms with Crippen LogP contribution < -0.4 is 11.3 Å². The van der Waals surface area contributed by atoms with E-state index in [1.807, 2.05) is 0 Å². The number of nitrogen functional groups attached to an aromatic ring is 1. The summed E-state index contributed by atoms with van der Waals surface area (Å²) in [5, 5.41) is 9.16. The molecular weight excluding hydrogens is 208 g/mol. The lowest BCUT2D eigenvalue weighted by Crippen LogP contribution is -2.33. The second-order valence-corrected chi connectivity index (χ2v) is 3.61. The van der Waals surface area contributed by atoms with Crippen LogP contribution in [-0.2, 0) is 0 Å². The van der Waals surface area contributed by atoms with E-state index in [-0.39, 0.29) is 12.5 Å². The normalized spacial score (nSPS) is 12.0. The molecule has 1 atom stereocenters. The van der Waals surface area contributed by atoms with Crippen LogP contribution in [0.5, 0.6) is 0 Å². The van der Waals surface area contributed by atoms with Crippen molar-refractivity contribution < 1.29 is 9.90 Å². The smallest absolute Gasteiger partial charge is 0.255 e. The zero-order valence-electron chi connectivity index (χ0n) is 9.34. The van der Waals surface area contributed by atoms with Crippen LogP contribution in [0.2, 0.25) is 0 Å². The number of hydrogen-bond donors (Lipinski definition) is 3. The van der Waals surface area contributed by atoms with Crippen molar-refractivity contribution in [2.45, 2.75) is 13.0 Å². The van der Waals surface area contributed by atoms with Crippen molar-refractivity contribution in [2.24, 2.45) is 5.84 Å². The third-order valence-corrected chi connectivity index (χ3v) is 2.04. The van der Waals surface area contributed by atoms with Gasteiger partial charge in [-0.05, 0) is 19.1 Å². The maximum absolute atomic E-state index is 11.8. The fraction of sp³-hybridized carbons (Fsp3) is 0.400. The Morgan fingerprint density at radius 1 is 1.69 bits per heavy atom. The van der Waals surface area contributed by atoms with Gasteiger partial charge >= 0.3 is 0 Å². The van der Waals surface area contributed by atoms with Crippen molar-refractivity contribution in [2.75, 3.05) is 19.0 Å². The molecule has 0 aliphatic carbocycles. The van der Waals surface area contributed by atoms with Gasteiger partial charge in [-0.15, -0.1) is 0 Å². The average molecular weight is 224 g/mol. The monoisotopic (exact) mass is 224 g/mol. The largest absolute Gasteiger partial charge is 0.392 e. The standard InChI is InChI=1S/C10H16N4O2/c1-7(15)6-14(2)10(16)8-3-4-9(13-11)12-5-8/h3-5,7,15H,6,11H2,1-2H3,(H,12,13). The lowest BCUT2D eigenvalue weighted by Gasteiger charge is -2.18. The number of nitrogens with one attached hydrogen (secondary N) is 1. The Hall–Kier alpha value is -1.66. The van der Waals surface area contributed by atoms with E-state index in [0.717, 1.165) is 0 Å². The van der Waals surface area contributed by atoms with E-state index in [1.165, 1.54) is 11.1 Å². The molecule has 0 saturated carbocycles. The van der Waals surface area contributed by atoms with Crippen molar-refractivity contribution in [1.82, 2.24) is 9.88 Å². The average Bonchev–Trinajstić information content (AvgIpc) is 2.27. The van der Waals surface area contributed by atoms with Crippen LogP contribution in [0.25, 0.3) is 0 Å². The van der Waals surface area contributed by atoms with Crippen LogP contribution in [0, 0.1) is 0 Å². The number of pyridine rings is 1. The molecule has 6 heteroatoms. The molecule has 0 spiro atoms. The van der Waals surface area contributed by atoms with Crippen molar-refractivity contribution in [3.8, 4) is 0 Å². The summed E-state index contributed by atoms with van der Waals surface area (Å²) in [5.41, 5.74) is 2.84. The molecule has 0 saturated heterocycles. The van der Waals surface area contributed by atoms with Crippen molar-refractivity contribution in [3.63, 3.8) is 0 Å². The first-order valence-electron chi connectivity index (χ1n) is 4.90. The molecule has 0 aliphatic rings. The zero-order chi connectivity index (χ0) is 12.1. The predicted molar refractivity (Wildman–Crippen MR) is 60.7 cm³/mol. The number of nitrogens with two attached hydrogens (primary N) is 1. The van der Waals surface area contributed by atoms with E-state index in [9.17, 15) is 4.79 Å². The highest BCUT2D eigenvalue weighted by molar-refractivity contribution is 5.93. The molecule has 0 aliphatic heterocycles. The number of rotatable bonds is 4. The number of hydrogen-bond acceptors (Lipinski definition) is 5. The molecule has 16 heavy (non-hydrogen) atoms. The van der Waals surface area contributed by atoms with Gasteiger partial charge in [-0.1, -0.05) is 0 Å². The van der Waals surface area contributed by atoms with Crippen LogP contribution in [0.1, 0.15) is 17.3 Å². The maximum Gasteiger partial charge on any atom is 0.255 e. The number of amides is 1. The summed E-state index contributed by atoms with van der Waals surface area (Å²) in [6.45, 7) is 1.92. The van der Waals surface area contributed by atoms with Crippen LogP contribution >= 0.6 is 0 Å². The zero-order valence-corrected chi connectivity index (χ0v) is 9.34. The van der Waals surface area contributed by atoms with Gasteiger partial charge < -0.3 is 15.4 Å². The SMILES string of the molecule is CC(O)CN(C)C(=O)c1ccc(NN)nc1. The highest BCUT2D eigenvalue weighted by Crippen LogP contribution is 2.06. The van der Waals surface area contributed by atoms with E-state index < -0.39 is 6.10 Å². The molecule has 1 aromatic heterocycles.